The Balaban J connectivity index is 1.68. The summed E-state index contributed by atoms with van der Waals surface area (Å²) in [6.07, 6.45) is 3.33. The molecular weight excluding hydrogens is 376 g/mol. The van der Waals surface area contributed by atoms with Gasteiger partial charge in [-0.2, -0.15) is 0 Å². The summed E-state index contributed by atoms with van der Waals surface area (Å²) < 4.78 is 6.08. The minimum absolute atomic E-state index is 0.184. The maximum atomic E-state index is 12.4. The Morgan fingerprint density at radius 2 is 1.73 bits per heavy atom. The lowest BCUT2D eigenvalue weighted by Crippen LogP contribution is -2.06. The molecule has 4 heterocycles. The summed E-state index contributed by atoms with van der Waals surface area (Å²) in [6, 6.07) is 20.9. The van der Waals surface area contributed by atoms with E-state index in [9.17, 15) is 4.79 Å². The standard InChI is InChI=1S/C24H14N4O2/c29-18-9-11-26-24-22(18)27-21(16-7-8-17-14(12-16)5-3-10-25-17)23(28-24)20-13-15-4-1-2-6-19(15)30-20/h1-13H,(H,26,28,29). The third-order valence-corrected chi connectivity index (χ3v) is 5.12. The normalized spacial score (nSPS) is 11.5. The summed E-state index contributed by atoms with van der Waals surface area (Å²) in [5.41, 5.74) is 4.18. The van der Waals surface area contributed by atoms with Crippen molar-refractivity contribution in [2.24, 2.45) is 0 Å². The van der Waals surface area contributed by atoms with Gasteiger partial charge in [-0.3, -0.25) is 9.78 Å². The van der Waals surface area contributed by atoms with Crippen LogP contribution >= 0.6 is 0 Å². The number of aromatic amines is 1. The Bertz CT molecular complexity index is 1600. The van der Waals surface area contributed by atoms with Crippen LogP contribution in [0.1, 0.15) is 0 Å². The minimum Gasteiger partial charge on any atom is -0.454 e. The number of fused-ring (bicyclic) bond motifs is 3. The average molecular weight is 390 g/mol. The number of hydrogen-bond donors (Lipinski definition) is 1. The first kappa shape index (κ1) is 16.6. The number of aromatic nitrogens is 4. The van der Waals surface area contributed by atoms with Crippen LogP contribution in [-0.4, -0.2) is 19.9 Å². The van der Waals surface area contributed by atoms with Crippen LogP contribution in [-0.2, 0) is 0 Å². The predicted molar refractivity (Wildman–Crippen MR) is 116 cm³/mol. The van der Waals surface area contributed by atoms with Crippen molar-refractivity contribution >= 4 is 33.0 Å². The van der Waals surface area contributed by atoms with Gasteiger partial charge < -0.3 is 9.40 Å². The van der Waals surface area contributed by atoms with Crippen LogP contribution in [0.5, 0.6) is 0 Å². The second-order valence-corrected chi connectivity index (χ2v) is 7.02. The lowest BCUT2D eigenvalue weighted by atomic mass is 10.0. The fourth-order valence-corrected chi connectivity index (χ4v) is 3.68. The minimum atomic E-state index is -0.184. The molecule has 6 aromatic rings. The third kappa shape index (κ3) is 2.58. The number of hydrogen-bond acceptors (Lipinski definition) is 5. The SMILES string of the molecule is O=c1cc[nH]c2nc(-c3cc4ccccc4o3)c(-c3ccc4ncccc4c3)nc12. The number of rotatable bonds is 2. The topological polar surface area (TPSA) is 84.7 Å². The second kappa shape index (κ2) is 6.35. The fraction of sp³-hybridized carbons (Fsp3) is 0. The molecule has 4 aromatic heterocycles. The summed E-state index contributed by atoms with van der Waals surface area (Å²) in [5, 5.41) is 1.96. The van der Waals surface area contributed by atoms with E-state index in [1.54, 1.807) is 12.4 Å². The molecule has 6 nitrogen and oxygen atoms in total. The highest BCUT2D eigenvalue weighted by Crippen LogP contribution is 2.34. The molecule has 142 valence electrons. The van der Waals surface area contributed by atoms with Gasteiger partial charge in [-0.05, 0) is 30.3 Å². The highest BCUT2D eigenvalue weighted by molar-refractivity contribution is 5.91. The molecule has 0 bridgehead atoms. The number of benzene rings is 2. The number of nitrogens with one attached hydrogen (secondary N) is 1. The van der Waals surface area contributed by atoms with Crippen molar-refractivity contribution in [3.05, 3.63) is 89.3 Å². The van der Waals surface area contributed by atoms with E-state index in [-0.39, 0.29) is 5.43 Å². The zero-order chi connectivity index (χ0) is 20.1. The van der Waals surface area contributed by atoms with Gasteiger partial charge in [-0.1, -0.05) is 30.3 Å². The van der Waals surface area contributed by atoms with Crippen LogP contribution in [0.15, 0.2) is 88.3 Å². The number of nitrogens with zero attached hydrogens (tertiary/aromatic N) is 3. The highest BCUT2D eigenvalue weighted by Gasteiger charge is 2.18. The Hall–Kier alpha value is -4.32. The van der Waals surface area contributed by atoms with E-state index in [0.29, 0.717) is 28.3 Å². The van der Waals surface area contributed by atoms with E-state index in [1.807, 2.05) is 60.7 Å². The maximum Gasteiger partial charge on any atom is 0.209 e. The molecule has 6 heteroatoms. The Labute approximate surface area is 169 Å². The van der Waals surface area contributed by atoms with E-state index in [0.717, 1.165) is 27.4 Å². The summed E-state index contributed by atoms with van der Waals surface area (Å²) in [4.78, 5) is 29.2. The van der Waals surface area contributed by atoms with Gasteiger partial charge >= 0.3 is 0 Å². The number of H-pyrrole nitrogens is 1. The first-order chi connectivity index (χ1) is 14.8. The van der Waals surface area contributed by atoms with Crippen molar-refractivity contribution in [1.82, 2.24) is 19.9 Å². The maximum absolute atomic E-state index is 12.4. The van der Waals surface area contributed by atoms with Crippen LogP contribution in [0.3, 0.4) is 0 Å². The molecule has 0 aliphatic carbocycles. The quantitative estimate of drug-likeness (QED) is 0.452. The van der Waals surface area contributed by atoms with Crippen LogP contribution < -0.4 is 5.43 Å². The molecular formula is C24H14N4O2. The smallest absolute Gasteiger partial charge is 0.209 e. The molecule has 0 aliphatic heterocycles. The van der Waals surface area contributed by atoms with E-state index < -0.39 is 0 Å². The van der Waals surface area contributed by atoms with E-state index in [4.69, 9.17) is 14.4 Å². The van der Waals surface area contributed by atoms with E-state index >= 15 is 0 Å². The van der Waals surface area contributed by atoms with Crippen LogP contribution in [0.25, 0.3) is 55.7 Å². The molecule has 1 N–H and O–H groups in total. The van der Waals surface area contributed by atoms with Gasteiger partial charge in [-0.15, -0.1) is 0 Å². The molecule has 0 saturated heterocycles. The van der Waals surface area contributed by atoms with Crippen molar-refractivity contribution in [3.8, 4) is 22.7 Å². The zero-order valence-corrected chi connectivity index (χ0v) is 15.7. The molecule has 2 aromatic carbocycles. The molecule has 0 fully saturated rings. The van der Waals surface area contributed by atoms with E-state index in [1.165, 1.54) is 6.07 Å². The van der Waals surface area contributed by atoms with Crippen LogP contribution in [0.2, 0.25) is 0 Å². The first-order valence-corrected chi connectivity index (χ1v) is 9.50. The number of pyridine rings is 2. The van der Waals surface area contributed by atoms with E-state index in [2.05, 4.69) is 9.97 Å². The molecule has 0 unspecified atom stereocenters. The highest BCUT2D eigenvalue weighted by atomic mass is 16.3. The molecule has 0 amide bonds. The molecule has 30 heavy (non-hydrogen) atoms. The summed E-state index contributed by atoms with van der Waals surface area (Å²) in [7, 11) is 0. The number of furan rings is 1. The first-order valence-electron chi connectivity index (χ1n) is 9.50. The average Bonchev–Trinajstić information content (AvgIpc) is 3.22. The lowest BCUT2D eigenvalue weighted by Gasteiger charge is -2.09. The van der Waals surface area contributed by atoms with Crippen molar-refractivity contribution in [2.75, 3.05) is 0 Å². The molecule has 0 aliphatic rings. The molecule has 0 saturated carbocycles. The van der Waals surface area contributed by atoms with Gasteiger partial charge in [0.05, 0.1) is 5.52 Å². The Morgan fingerprint density at radius 3 is 2.67 bits per heavy atom. The van der Waals surface area contributed by atoms with Gasteiger partial charge in [0.2, 0.25) is 5.43 Å². The largest absolute Gasteiger partial charge is 0.454 e. The lowest BCUT2D eigenvalue weighted by molar-refractivity contribution is 0.629. The Morgan fingerprint density at radius 1 is 0.833 bits per heavy atom. The number of para-hydroxylation sites is 1. The van der Waals surface area contributed by atoms with Gasteiger partial charge in [0.1, 0.15) is 17.0 Å². The van der Waals surface area contributed by atoms with Gasteiger partial charge in [0, 0.05) is 34.8 Å². The zero-order valence-electron chi connectivity index (χ0n) is 15.7. The molecule has 0 spiro atoms. The van der Waals surface area contributed by atoms with Crippen molar-refractivity contribution in [3.63, 3.8) is 0 Å². The molecule has 0 atom stereocenters. The molecule has 0 radical (unpaired) electrons. The fourth-order valence-electron chi connectivity index (χ4n) is 3.68. The van der Waals surface area contributed by atoms with Crippen molar-refractivity contribution < 1.29 is 4.42 Å². The summed E-state index contributed by atoms with van der Waals surface area (Å²) >= 11 is 0. The van der Waals surface area contributed by atoms with Gasteiger partial charge in [0.15, 0.2) is 16.9 Å². The van der Waals surface area contributed by atoms with Gasteiger partial charge in [0.25, 0.3) is 0 Å². The van der Waals surface area contributed by atoms with Crippen molar-refractivity contribution in [2.45, 2.75) is 0 Å². The third-order valence-electron chi connectivity index (χ3n) is 5.12. The monoisotopic (exact) mass is 390 g/mol. The summed E-state index contributed by atoms with van der Waals surface area (Å²) in [6.45, 7) is 0. The second-order valence-electron chi connectivity index (χ2n) is 7.02. The predicted octanol–water partition coefficient (Wildman–Crippen LogP) is 4.95. The molecule has 6 rings (SSSR count). The van der Waals surface area contributed by atoms with Crippen LogP contribution in [0, 0.1) is 0 Å². The van der Waals surface area contributed by atoms with Gasteiger partial charge in [-0.25, -0.2) is 9.97 Å². The Kier molecular flexibility index (Phi) is 3.52. The van der Waals surface area contributed by atoms with Crippen LogP contribution in [0.4, 0.5) is 0 Å². The van der Waals surface area contributed by atoms with Crippen molar-refractivity contribution in [1.29, 1.82) is 0 Å². The summed E-state index contributed by atoms with van der Waals surface area (Å²) in [5.74, 6) is 0.594.